The van der Waals surface area contributed by atoms with Crippen molar-refractivity contribution < 1.29 is 28.5 Å². The summed E-state index contributed by atoms with van der Waals surface area (Å²) in [5, 5.41) is 5.28. The van der Waals surface area contributed by atoms with Gasteiger partial charge in [-0.15, -0.1) is 6.58 Å². The number of nitrogens with two attached hydrogens (primary N) is 1. The van der Waals surface area contributed by atoms with E-state index in [9.17, 15) is 14.4 Å². The van der Waals surface area contributed by atoms with E-state index in [-0.39, 0.29) is 12.6 Å². The second-order valence-corrected chi connectivity index (χ2v) is 7.50. The molecule has 10 heteroatoms. The average Bonchev–Trinajstić information content (AvgIpc) is 2.81. The molecule has 0 aromatic heterocycles. The third-order valence-electron chi connectivity index (χ3n) is 4.68. The molecule has 0 fully saturated rings. The Kier molecular flexibility index (Phi) is 12.6. The SMILES string of the molecule is C=CCOc1ccc(C[C@H]([B]OCN)C(=O)N[C@H](C(=O)N[C@@H](C=C)C(=O)OC)C(C)C)cc1. The van der Waals surface area contributed by atoms with E-state index in [1.165, 1.54) is 20.7 Å². The van der Waals surface area contributed by atoms with Gasteiger partial charge in [0.1, 0.15) is 24.4 Å². The van der Waals surface area contributed by atoms with Crippen LogP contribution in [-0.4, -0.2) is 57.8 Å². The number of hydrogen-bond acceptors (Lipinski definition) is 7. The average molecular weight is 458 g/mol. The van der Waals surface area contributed by atoms with Crippen LogP contribution in [0.2, 0.25) is 5.82 Å². The molecule has 0 bridgehead atoms. The van der Waals surface area contributed by atoms with E-state index >= 15 is 0 Å². The van der Waals surface area contributed by atoms with Crippen LogP contribution in [0.1, 0.15) is 19.4 Å². The Hall–Kier alpha value is -3.11. The van der Waals surface area contributed by atoms with Gasteiger partial charge < -0.3 is 30.5 Å². The topological polar surface area (TPSA) is 129 Å². The minimum atomic E-state index is -1.02. The van der Waals surface area contributed by atoms with E-state index in [1.807, 2.05) is 12.1 Å². The molecule has 1 aromatic rings. The van der Waals surface area contributed by atoms with Crippen LogP contribution in [0.4, 0.5) is 0 Å². The quantitative estimate of drug-likeness (QED) is 0.156. The van der Waals surface area contributed by atoms with E-state index in [0.717, 1.165) is 5.56 Å². The van der Waals surface area contributed by atoms with Crippen LogP contribution in [0, 0.1) is 5.92 Å². The van der Waals surface area contributed by atoms with Crippen molar-refractivity contribution in [3.8, 4) is 5.75 Å². The van der Waals surface area contributed by atoms with Crippen molar-refractivity contribution in [3.63, 3.8) is 0 Å². The highest BCUT2D eigenvalue weighted by Gasteiger charge is 2.31. The van der Waals surface area contributed by atoms with Gasteiger partial charge in [-0.3, -0.25) is 9.59 Å². The van der Waals surface area contributed by atoms with E-state index in [0.29, 0.717) is 18.8 Å². The molecule has 33 heavy (non-hydrogen) atoms. The number of nitrogens with one attached hydrogen (secondary N) is 2. The van der Waals surface area contributed by atoms with Crippen molar-refractivity contribution in [2.45, 2.75) is 38.2 Å². The molecule has 179 valence electrons. The maximum absolute atomic E-state index is 13.0. The normalized spacial score (nSPS) is 13.2. The Morgan fingerprint density at radius 1 is 1.12 bits per heavy atom. The lowest BCUT2D eigenvalue weighted by molar-refractivity contribution is -0.144. The fraction of sp³-hybridized carbons (Fsp3) is 0.435. The number of rotatable bonds is 15. The molecule has 1 radical (unpaired) electrons. The van der Waals surface area contributed by atoms with E-state index < -0.39 is 35.7 Å². The molecular weight excluding hydrogens is 425 g/mol. The minimum absolute atomic E-state index is 0.0909. The summed E-state index contributed by atoms with van der Waals surface area (Å²) >= 11 is 0. The van der Waals surface area contributed by atoms with Gasteiger partial charge in [-0.2, -0.15) is 0 Å². The van der Waals surface area contributed by atoms with Crippen LogP contribution in [-0.2, 0) is 30.2 Å². The zero-order chi connectivity index (χ0) is 24.8. The van der Waals surface area contributed by atoms with E-state index in [4.69, 9.17) is 15.1 Å². The standard InChI is InChI=1S/C23H33BN3O6/c1-6-12-32-17-10-8-16(9-11-17)13-18(24-33-14-25)21(28)27-20(15(3)4)22(29)26-19(7-2)23(30)31-5/h6-11,15,18-20H,1-2,12-14,25H2,3-5H3,(H,26,29)(H,27,28)/t18-,19-,20-/m0/s1. The summed E-state index contributed by atoms with van der Waals surface area (Å²) in [5.41, 5.74) is 6.28. The monoisotopic (exact) mass is 458 g/mol. The highest BCUT2D eigenvalue weighted by Crippen LogP contribution is 2.19. The van der Waals surface area contributed by atoms with Crippen LogP contribution in [0.15, 0.2) is 49.6 Å². The molecule has 0 saturated carbocycles. The van der Waals surface area contributed by atoms with Gasteiger partial charge in [-0.05, 0) is 30.0 Å². The molecule has 9 nitrogen and oxygen atoms in total. The van der Waals surface area contributed by atoms with Crippen molar-refractivity contribution in [2.24, 2.45) is 11.7 Å². The number of benzene rings is 1. The van der Waals surface area contributed by atoms with Gasteiger partial charge >= 0.3 is 13.5 Å². The second kappa shape index (κ2) is 14.9. The first-order valence-electron chi connectivity index (χ1n) is 10.6. The summed E-state index contributed by atoms with van der Waals surface area (Å²) in [7, 11) is 2.57. The molecule has 0 aliphatic carbocycles. The van der Waals surface area contributed by atoms with Gasteiger partial charge in [0, 0.05) is 5.82 Å². The van der Waals surface area contributed by atoms with Crippen molar-refractivity contribution in [3.05, 3.63) is 55.1 Å². The van der Waals surface area contributed by atoms with Crippen LogP contribution < -0.4 is 21.1 Å². The summed E-state index contributed by atoms with van der Waals surface area (Å²) in [6.07, 6.45) is 3.23. The first kappa shape index (κ1) is 27.9. The number of esters is 1. The van der Waals surface area contributed by atoms with Crippen LogP contribution in [0.3, 0.4) is 0 Å². The molecule has 4 N–H and O–H groups in total. The van der Waals surface area contributed by atoms with Gasteiger partial charge in [0.05, 0.1) is 13.8 Å². The lowest BCUT2D eigenvalue weighted by atomic mass is 9.75. The number of hydrogen-bond donors (Lipinski definition) is 3. The molecule has 1 aromatic carbocycles. The van der Waals surface area contributed by atoms with E-state index in [1.54, 1.807) is 32.1 Å². The Bertz CT molecular complexity index is 800. The molecule has 3 atom stereocenters. The van der Waals surface area contributed by atoms with Crippen LogP contribution in [0.25, 0.3) is 0 Å². The first-order chi connectivity index (χ1) is 15.8. The molecule has 1 rings (SSSR count). The Balaban J connectivity index is 2.92. The summed E-state index contributed by atoms with van der Waals surface area (Å²) in [4.78, 5) is 37.6. The minimum Gasteiger partial charge on any atom is -0.490 e. The number of amides is 2. The lowest BCUT2D eigenvalue weighted by Gasteiger charge is -2.25. The van der Waals surface area contributed by atoms with Crippen molar-refractivity contribution >= 4 is 25.3 Å². The predicted molar refractivity (Wildman–Crippen MR) is 126 cm³/mol. The summed E-state index contributed by atoms with van der Waals surface area (Å²) in [6, 6.07) is 5.35. The molecule has 0 spiro atoms. The number of carbonyl (C=O) groups excluding carboxylic acids is 3. The summed E-state index contributed by atoms with van der Waals surface area (Å²) in [5.74, 6) is -1.89. The third-order valence-corrected chi connectivity index (χ3v) is 4.68. The fourth-order valence-corrected chi connectivity index (χ4v) is 2.88. The van der Waals surface area contributed by atoms with Crippen molar-refractivity contribution in [1.29, 1.82) is 0 Å². The maximum atomic E-state index is 13.0. The smallest absolute Gasteiger partial charge is 0.332 e. The number of carbonyl (C=O) groups is 3. The van der Waals surface area contributed by atoms with E-state index in [2.05, 4.69) is 28.5 Å². The zero-order valence-electron chi connectivity index (χ0n) is 19.4. The van der Waals surface area contributed by atoms with Crippen LogP contribution >= 0.6 is 0 Å². The van der Waals surface area contributed by atoms with Gasteiger partial charge in [0.15, 0.2) is 0 Å². The molecule has 0 aliphatic heterocycles. The second-order valence-electron chi connectivity index (χ2n) is 7.50. The molecule has 0 saturated heterocycles. The Labute approximate surface area is 196 Å². The van der Waals surface area contributed by atoms with Gasteiger partial charge in [-0.25, -0.2) is 4.79 Å². The maximum Gasteiger partial charge on any atom is 0.332 e. The van der Waals surface area contributed by atoms with Gasteiger partial charge in [0.2, 0.25) is 11.8 Å². The van der Waals surface area contributed by atoms with Crippen molar-refractivity contribution in [1.82, 2.24) is 10.6 Å². The number of methoxy groups -OCH3 is 1. The van der Waals surface area contributed by atoms with Crippen LogP contribution in [0.5, 0.6) is 5.75 Å². The fourth-order valence-electron chi connectivity index (χ4n) is 2.88. The molecular formula is C23H33BN3O6. The predicted octanol–water partition coefficient (Wildman–Crippen LogP) is 1.12. The third kappa shape index (κ3) is 9.50. The first-order valence-corrected chi connectivity index (χ1v) is 10.6. The van der Waals surface area contributed by atoms with Crippen molar-refractivity contribution in [2.75, 3.05) is 20.4 Å². The molecule has 0 heterocycles. The Morgan fingerprint density at radius 3 is 2.30 bits per heavy atom. The molecule has 0 unspecified atom stereocenters. The molecule has 0 aliphatic rings. The lowest BCUT2D eigenvalue weighted by Crippen LogP contribution is -2.54. The van der Waals surface area contributed by atoms with Gasteiger partial charge in [-0.1, -0.05) is 44.7 Å². The largest absolute Gasteiger partial charge is 0.490 e. The summed E-state index contributed by atoms with van der Waals surface area (Å²) < 4.78 is 15.3. The highest BCUT2D eigenvalue weighted by molar-refractivity contribution is 6.37. The zero-order valence-corrected chi connectivity index (χ0v) is 19.4. The highest BCUT2D eigenvalue weighted by atomic mass is 16.5. The van der Waals surface area contributed by atoms with Gasteiger partial charge in [0.25, 0.3) is 0 Å². The Morgan fingerprint density at radius 2 is 1.79 bits per heavy atom. The number of ether oxygens (including phenoxy) is 2. The summed E-state index contributed by atoms with van der Waals surface area (Å²) in [6.45, 7) is 11.0. The molecule has 2 amide bonds.